The van der Waals surface area contributed by atoms with Gasteiger partial charge in [-0.15, -0.1) is 0 Å². The highest BCUT2D eigenvalue weighted by Gasteiger charge is 2.42. The van der Waals surface area contributed by atoms with Gasteiger partial charge in [0.25, 0.3) is 5.56 Å². The fourth-order valence-corrected chi connectivity index (χ4v) is 3.44. The van der Waals surface area contributed by atoms with Crippen LogP contribution in [0, 0.1) is 11.8 Å². The van der Waals surface area contributed by atoms with Gasteiger partial charge in [0.1, 0.15) is 11.7 Å². The molecule has 8 nitrogen and oxygen atoms in total. The largest absolute Gasteiger partial charge is 0.465 e. The number of aromatic nitrogens is 3. The molecule has 2 atom stereocenters. The summed E-state index contributed by atoms with van der Waals surface area (Å²) in [5.74, 6) is -1.45. The summed E-state index contributed by atoms with van der Waals surface area (Å²) in [5, 5.41) is 2.99. The summed E-state index contributed by atoms with van der Waals surface area (Å²) >= 11 is 0. The summed E-state index contributed by atoms with van der Waals surface area (Å²) in [6.07, 6.45) is 3.23. The molecule has 1 aliphatic heterocycles. The molecule has 0 fully saturated rings. The predicted octanol–water partition coefficient (Wildman–Crippen LogP) is 1.37. The van der Waals surface area contributed by atoms with Crippen LogP contribution in [0.15, 0.2) is 46.4 Å². The number of pyridine rings is 1. The molecule has 0 unspecified atom stereocenters. The average Bonchev–Trinajstić information content (AvgIpc) is 2.68. The van der Waals surface area contributed by atoms with Crippen LogP contribution in [0.4, 0.5) is 5.82 Å². The number of nitrogens with zero attached hydrogens (tertiary/aromatic N) is 3. The van der Waals surface area contributed by atoms with Crippen LogP contribution in [0.25, 0.3) is 0 Å². The van der Waals surface area contributed by atoms with Gasteiger partial charge in [0.2, 0.25) is 0 Å². The van der Waals surface area contributed by atoms with Crippen molar-refractivity contribution in [3.8, 4) is 0 Å². The molecule has 8 heteroatoms. The van der Waals surface area contributed by atoms with E-state index in [9.17, 15) is 14.4 Å². The highest BCUT2D eigenvalue weighted by Crippen LogP contribution is 2.41. The lowest BCUT2D eigenvalue weighted by Gasteiger charge is -2.35. The Kier molecular flexibility index (Phi) is 5.22. The number of anilines is 1. The Morgan fingerprint density at radius 3 is 2.64 bits per heavy atom. The van der Waals surface area contributed by atoms with Crippen LogP contribution < -0.4 is 16.6 Å². The zero-order chi connectivity index (χ0) is 20.6. The molecule has 0 spiro atoms. The monoisotopic (exact) mass is 384 g/mol. The van der Waals surface area contributed by atoms with Crippen molar-refractivity contribution in [1.29, 1.82) is 0 Å². The number of fused-ring (bicyclic) bond motifs is 1. The normalized spacial score (nSPS) is 18.5. The minimum atomic E-state index is -0.819. The second-order valence-corrected chi connectivity index (χ2v) is 7.38. The SMILES string of the molecule is C=C1Nc2c(c(=O)n(C)c(=O)n2C)[C@@H](c2cccnc2)[C@H]1C(=O)OCC(C)C. The highest BCUT2D eigenvalue weighted by atomic mass is 16.5. The molecule has 3 heterocycles. The molecule has 148 valence electrons. The number of rotatable bonds is 4. The minimum Gasteiger partial charge on any atom is -0.465 e. The molecule has 0 saturated carbocycles. The summed E-state index contributed by atoms with van der Waals surface area (Å²) in [5.41, 5.74) is 0.437. The van der Waals surface area contributed by atoms with Crippen molar-refractivity contribution >= 4 is 11.8 Å². The zero-order valence-corrected chi connectivity index (χ0v) is 16.4. The van der Waals surface area contributed by atoms with Gasteiger partial charge in [0.05, 0.1) is 12.2 Å². The molecule has 0 aliphatic carbocycles. The van der Waals surface area contributed by atoms with Gasteiger partial charge in [0.15, 0.2) is 0 Å². The Morgan fingerprint density at radius 1 is 1.32 bits per heavy atom. The van der Waals surface area contributed by atoms with E-state index in [2.05, 4.69) is 16.9 Å². The molecular formula is C20H24N4O4. The van der Waals surface area contributed by atoms with Crippen molar-refractivity contribution in [3.63, 3.8) is 0 Å². The topological polar surface area (TPSA) is 95.2 Å². The standard InChI is InChI=1S/C20H24N4O4/c1-11(2)10-28-19(26)14-12(3)22-17-16(15(14)13-7-6-8-21-9-13)18(25)24(5)20(27)23(17)4/h6-9,11,14-15,22H,3,10H2,1-2,4-5H3/t14-,15-/m0/s1. The van der Waals surface area contributed by atoms with Crippen molar-refractivity contribution in [2.45, 2.75) is 19.8 Å². The number of ether oxygens (including phenoxy) is 1. The van der Waals surface area contributed by atoms with Gasteiger partial charge in [0, 0.05) is 38.1 Å². The van der Waals surface area contributed by atoms with Crippen LogP contribution in [-0.2, 0) is 23.6 Å². The first-order valence-corrected chi connectivity index (χ1v) is 9.06. The quantitative estimate of drug-likeness (QED) is 0.800. The average molecular weight is 384 g/mol. The van der Waals surface area contributed by atoms with E-state index < -0.39 is 29.1 Å². The third kappa shape index (κ3) is 3.26. The van der Waals surface area contributed by atoms with Gasteiger partial charge in [-0.25, -0.2) is 4.79 Å². The van der Waals surface area contributed by atoms with Gasteiger partial charge in [-0.3, -0.25) is 23.7 Å². The van der Waals surface area contributed by atoms with E-state index >= 15 is 0 Å². The van der Waals surface area contributed by atoms with Crippen molar-refractivity contribution in [3.05, 3.63) is 68.8 Å². The predicted molar refractivity (Wildman–Crippen MR) is 105 cm³/mol. The summed E-state index contributed by atoms with van der Waals surface area (Å²) in [4.78, 5) is 42.4. The van der Waals surface area contributed by atoms with Crippen molar-refractivity contribution in [2.24, 2.45) is 25.9 Å². The Balaban J connectivity index is 2.24. The van der Waals surface area contributed by atoms with E-state index in [1.807, 2.05) is 13.8 Å². The Labute approximate surface area is 162 Å². The number of hydrogen-bond acceptors (Lipinski definition) is 6. The summed E-state index contributed by atoms with van der Waals surface area (Å²) < 4.78 is 7.85. The van der Waals surface area contributed by atoms with E-state index in [0.29, 0.717) is 22.6 Å². The molecule has 0 bridgehead atoms. The molecule has 2 aromatic heterocycles. The summed E-state index contributed by atoms with van der Waals surface area (Å²) in [7, 11) is 2.99. The summed E-state index contributed by atoms with van der Waals surface area (Å²) in [6, 6.07) is 3.54. The third-order valence-electron chi connectivity index (χ3n) is 4.85. The number of nitrogens with one attached hydrogen (secondary N) is 1. The maximum atomic E-state index is 13.0. The maximum absolute atomic E-state index is 13.0. The van der Waals surface area contributed by atoms with Crippen LogP contribution in [0.3, 0.4) is 0 Å². The Bertz CT molecular complexity index is 1040. The minimum absolute atomic E-state index is 0.173. The van der Waals surface area contributed by atoms with Crippen LogP contribution in [-0.4, -0.2) is 26.7 Å². The molecule has 0 amide bonds. The van der Waals surface area contributed by atoms with Gasteiger partial charge in [-0.1, -0.05) is 26.5 Å². The third-order valence-corrected chi connectivity index (χ3v) is 4.85. The lowest BCUT2D eigenvalue weighted by atomic mass is 9.77. The molecule has 3 rings (SSSR count). The first-order valence-electron chi connectivity index (χ1n) is 9.06. The van der Waals surface area contributed by atoms with Gasteiger partial charge >= 0.3 is 11.7 Å². The van der Waals surface area contributed by atoms with Crippen molar-refractivity contribution in [1.82, 2.24) is 14.1 Å². The molecule has 28 heavy (non-hydrogen) atoms. The summed E-state index contributed by atoms with van der Waals surface area (Å²) in [6.45, 7) is 8.14. The second kappa shape index (κ2) is 7.46. The van der Waals surface area contributed by atoms with Crippen LogP contribution in [0.1, 0.15) is 30.9 Å². The van der Waals surface area contributed by atoms with Crippen molar-refractivity contribution < 1.29 is 9.53 Å². The smallest absolute Gasteiger partial charge is 0.332 e. The first kappa shape index (κ1) is 19.6. The number of hydrogen-bond donors (Lipinski definition) is 1. The van der Waals surface area contributed by atoms with Gasteiger partial charge in [-0.2, -0.15) is 0 Å². The number of carbonyl (C=O) groups excluding carboxylic acids is 1. The van der Waals surface area contributed by atoms with Crippen molar-refractivity contribution in [2.75, 3.05) is 11.9 Å². The zero-order valence-electron chi connectivity index (χ0n) is 16.4. The van der Waals surface area contributed by atoms with Crippen LogP contribution in [0.5, 0.6) is 0 Å². The van der Waals surface area contributed by atoms with Crippen LogP contribution in [0.2, 0.25) is 0 Å². The molecular weight excluding hydrogens is 360 g/mol. The van der Waals surface area contributed by atoms with Crippen LogP contribution >= 0.6 is 0 Å². The first-order chi connectivity index (χ1) is 13.2. The van der Waals surface area contributed by atoms with E-state index in [1.54, 1.807) is 31.6 Å². The lowest BCUT2D eigenvalue weighted by molar-refractivity contribution is -0.148. The number of carbonyl (C=O) groups is 1. The molecule has 1 aliphatic rings. The number of esters is 1. The Hall–Kier alpha value is -3.16. The molecule has 0 aromatic carbocycles. The lowest BCUT2D eigenvalue weighted by Crippen LogP contribution is -2.46. The Morgan fingerprint density at radius 2 is 2.04 bits per heavy atom. The molecule has 2 aromatic rings. The maximum Gasteiger partial charge on any atom is 0.332 e. The second-order valence-electron chi connectivity index (χ2n) is 7.38. The molecule has 0 radical (unpaired) electrons. The van der Waals surface area contributed by atoms with E-state index in [4.69, 9.17) is 4.74 Å². The highest BCUT2D eigenvalue weighted by molar-refractivity contribution is 5.81. The fraction of sp³-hybridized carbons (Fsp3) is 0.400. The molecule has 1 N–H and O–H groups in total. The van der Waals surface area contributed by atoms with Gasteiger partial charge in [-0.05, 0) is 17.5 Å². The van der Waals surface area contributed by atoms with E-state index in [0.717, 1.165) is 4.57 Å². The fourth-order valence-electron chi connectivity index (χ4n) is 3.44. The van der Waals surface area contributed by atoms with E-state index in [-0.39, 0.29) is 12.5 Å². The molecule has 0 saturated heterocycles. The van der Waals surface area contributed by atoms with Gasteiger partial charge < -0.3 is 10.1 Å². The van der Waals surface area contributed by atoms with E-state index in [1.165, 1.54) is 11.6 Å².